The topological polar surface area (TPSA) is 105 Å². The molecule has 4 heterocycles. The van der Waals surface area contributed by atoms with Gasteiger partial charge in [-0.25, -0.2) is 4.39 Å². The van der Waals surface area contributed by atoms with Gasteiger partial charge in [0.15, 0.2) is 0 Å². The third-order valence-corrected chi connectivity index (χ3v) is 5.50. The largest absolute Gasteiger partial charge is 0.415 e. The van der Waals surface area contributed by atoms with Crippen LogP contribution in [0.4, 0.5) is 13.2 Å². The van der Waals surface area contributed by atoms with Gasteiger partial charge >= 0.3 is 6.43 Å². The van der Waals surface area contributed by atoms with Gasteiger partial charge in [0.2, 0.25) is 5.89 Å². The molecule has 0 saturated heterocycles. The van der Waals surface area contributed by atoms with E-state index in [9.17, 15) is 23.1 Å². The highest BCUT2D eigenvalue weighted by Crippen LogP contribution is 2.39. The van der Waals surface area contributed by atoms with Crippen LogP contribution in [0, 0.1) is 5.82 Å². The second-order valence-corrected chi connectivity index (χ2v) is 7.60. The molecule has 2 atom stereocenters. The van der Waals surface area contributed by atoms with Crippen LogP contribution in [-0.2, 0) is 6.54 Å². The van der Waals surface area contributed by atoms with E-state index in [1.165, 1.54) is 29.3 Å². The first-order chi connectivity index (χ1) is 16.4. The number of carbonyl (C=O) groups excluding carboxylic acids is 1. The number of benzene rings is 1. The van der Waals surface area contributed by atoms with E-state index in [1.54, 1.807) is 30.3 Å². The lowest BCUT2D eigenvalue weighted by Gasteiger charge is -2.31. The van der Waals surface area contributed by atoms with E-state index < -0.39 is 36.2 Å². The van der Waals surface area contributed by atoms with E-state index in [-0.39, 0.29) is 18.1 Å². The molecule has 34 heavy (non-hydrogen) atoms. The van der Waals surface area contributed by atoms with Gasteiger partial charge in [-0.1, -0.05) is 12.1 Å². The molecule has 1 aliphatic rings. The summed E-state index contributed by atoms with van der Waals surface area (Å²) >= 11 is 0. The molecule has 5 rings (SSSR count). The average molecular weight is 467 g/mol. The van der Waals surface area contributed by atoms with Crippen LogP contribution in [0.5, 0.6) is 0 Å². The maximum Gasteiger partial charge on any atom is 0.314 e. The smallest absolute Gasteiger partial charge is 0.314 e. The third-order valence-electron chi connectivity index (χ3n) is 5.50. The molecule has 8 nitrogen and oxygen atoms in total. The molecule has 1 N–H and O–H groups in total. The maximum atomic E-state index is 13.4. The van der Waals surface area contributed by atoms with Gasteiger partial charge < -0.3 is 14.4 Å². The van der Waals surface area contributed by atoms with Gasteiger partial charge in [-0.3, -0.25) is 14.8 Å². The minimum Gasteiger partial charge on any atom is -0.415 e. The predicted octanol–water partition coefficient (Wildman–Crippen LogP) is 4.03. The van der Waals surface area contributed by atoms with Crippen LogP contribution in [0.2, 0.25) is 0 Å². The maximum absolute atomic E-state index is 13.4. The minimum absolute atomic E-state index is 0.138. The van der Waals surface area contributed by atoms with E-state index in [2.05, 4.69) is 20.2 Å². The molecule has 0 aliphatic carbocycles. The highest BCUT2D eigenvalue weighted by Gasteiger charge is 2.39. The van der Waals surface area contributed by atoms with Gasteiger partial charge in [-0.15, -0.1) is 10.2 Å². The number of aliphatic hydroxyl groups excluding tert-OH is 1. The number of amides is 1. The zero-order valence-corrected chi connectivity index (χ0v) is 17.3. The van der Waals surface area contributed by atoms with E-state index in [0.717, 1.165) is 6.20 Å². The molecule has 3 aromatic heterocycles. The van der Waals surface area contributed by atoms with Gasteiger partial charge in [0.1, 0.15) is 18.0 Å². The molecule has 172 valence electrons. The van der Waals surface area contributed by atoms with Gasteiger partial charge in [0, 0.05) is 23.9 Å². The van der Waals surface area contributed by atoms with Crippen molar-refractivity contribution in [2.45, 2.75) is 25.1 Å². The van der Waals surface area contributed by atoms with Crippen molar-refractivity contribution >= 4 is 5.91 Å². The Balaban J connectivity index is 1.50. The number of nitrogens with zero attached hydrogens (tertiary/aromatic N) is 5. The van der Waals surface area contributed by atoms with Crippen molar-refractivity contribution in [3.8, 4) is 11.5 Å². The third kappa shape index (κ3) is 3.90. The van der Waals surface area contributed by atoms with Crippen LogP contribution >= 0.6 is 0 Å². The first-order valence-electron chi connectivity index (χ1n) is 10.2. The number of rotatable bonds is 6. The lowest BCUT2D eigenvalue weighted by molar-refractivity contribution is 0.0331. The summed E-state index contributed by atoms with van der Waals surface area (Å²) in [6, 6.07) is 11.4. The van der Waals surface area contributed by atoms with Crippen LogP contribution in [-0.4, -0.2) is 36.1 Å². The number of alkyl halides is 2. The minimum atomic E-state index is -2.91. The second-order valence-electron chi connectivity index (χ2n) is 7.60. The first-order valence-corrected chi connectivity index (χ1v) is 10.2. The van der Waals surface area contributed by atoms with Crippen molar-refractivity contribution in [3.63, 3.8) is 0 Å². The van der Waals surface area contributed by atoms with Gasteiger partial charge in [-0.2, -0.15) is 8.78 Å². The lowest BCUT2D eigenvalue weighted by Crippen LogP contribution is -2.34. The molecule has 1 aliphatic heterocycles. The van der Waals surface area contributed by atoms with E-state index in [1.807, 2.05) is 0 Å². The Morgan fingerprint density at radius 1 is 1.03 bits per heavy atom. The molecular weight excluding hydrogens is 451 g/mol. The Bertz CT molecular complexity index is 1330. The number of hydrogen-bond donors (Lipinski definition) is 1. The van der Waals surface area contributed by atoms with Crippen molar-refractivity contribution in [1.29, 1.82) is 0 Å². The lowest BCUT2D eigenvalue weighted by atomic mass is 10.0. The van der Waals surface area contributed by atoms with Crippen molar-refractivity contribution in [1.82, 2.24) is 25.1 Å². The fourth-order valence-electron chi connectivity index (χ4n) is 3.89. The highest BCUT2D eigenvalue weighted by molar-refractivity contribution is 5.99. The van der Waals surface area contributed by atoms with E-state index in [0.29, 0.717) is 22.4 Å². The molecule has 1 amide bonds. The summed E-state index contributed by atoms with van der Waals surface area (Å²) in [5, 5.41) is 18.1. The summed E-state index contributed by atoms with van der Waals surface area (Å²) in [7, 11) is 0. The zero-order chi connectivity index (χ0) is 23.8. The van der Waals surface area contributed by atoms with Crippen molar-refractivity contribution in [3.05, 3.63) is 95.1 Å². The predicted molar refractivity (Wildman–Crippen MR) is 111 cm³/mol. The summed E-state index contributed by atoms with van der Waals surface area (Å²) in [5.74, 6) is -1.92. The standard InChI is InChI=1S/C23H16F3N5O3/c24-14-6-7-17(28-10-14)19(32)18(16-3-1-2-8-27-16)31-11-13-5-4-12(9-15(13)23(31)33)21-29-30-22(34-21)20(25)26/h1-10,18-20,32H,11H2. The Kier molecular flexibility index (Phi) is 5.54. The second kappa shape index (κ2) is 8.67. The quantitative estimate of drug-likeness (QED) is 0.456. The number of aromatic nitrogens is 4. The monoisotopic (exact) mass is 467 g/mol. The number of hydrogen-bond acceptors (Lipinski definition) is 7. The molecular formula is C23H16F3N5O3. The fourth-order valence-corrected chi connectivity index (χ4v) is 3.89. The Morgan fingerprint density at radius 2 is 1.88 bits per heavy atom. The molecule has 0 bridgehead atoms. The molecule has 0 fully saturated rings. The van der Waals surface area contributed by atoms with Crippen molar-refractivity contribution < 1.29 is 27.5 Å². The van der Waals surface area contributed by atoms with Crippen LogP contribution in [0.25, 0.3) is 11.5 Å². The van der Waals surface area contributed by atoms with Crippen molar-refractivity contribution in [2.24, 2.45) is 0 Å². The summed E-state index contributed by atoms with van der Waals surface area (Å²) in [4.78, 5) is 23.1. The summed E-state index contributed by atoms with van der Waals surface area (Å²) in [6.07, 6.45) is -1.68. The summed E-state index contributed by atoms with van der Waals surface area (Å²) in [6.45, 7) is 0.153. The molecule has 0 radical (unpaired) electrons. The number of pyridine rings is 2. The van der Waals surface area contributed by atoms with Crippen LogP contribution in [0.3, 0.4) is 0 Å². The number of halogens is 3. The first kappa shape index (κ1) is 21.7. The van der Waals surface area contributed by atoms with Gasteiger partial charge in [0.25, 0.3) is 11.8 Å². The normalized spacial score (nSPS) is 15.0. The highest BCUT2D eigenvalue weighted by atomic mass is 19.3. The zero-order valence-electron chi connectivity index (χ0n) is 17.3. The Labute approximate surface area is 190 Å². The number of aliphatic hydroxyl groups is 1. The summed E-state index contributed by atoms with van der Waals surface area (Å²) in [5.41, 5.74) is 1.85. The SMILES string of the molecule is O=C1c2cc(-c3nnc(C(F)F)o3)ccc2CN1C(c1ccccn1)C(O)c1ccc(F)cn1. The van der Waals surface area contributed by atoms with Crippen LogP contribution < -0.4 is 0 Å². The molecule has 2 unspecified atom stereocenters. The number of carbonyl (C=O) groups is 1. The van der Waals surface area contributed by atoms with Crippen LogP contribution in [0.1, 0.15) is 51.8 Å². The fraction of sp³-hybridized carbons (Fsp3) is 0.174. The van der Waals surface area contributed by atoms with Gasteiger partial charge in [0.05, 0.1) is 17.6 Å². The Morgan fingerprint density at radius 3 is 2.56 bits per heavy atom. The molecule has 11 heteroatoms. The van der Waals surface area contributed by atoms with E-state index >= 15 is 0 Å². The van der Waals surface area contributed by atoms with Crippen molar-refractivity contribution in [2.75, 3.05) is 0 Å². The Hall–Kier alpha value is -4.12. The van der Waals surface area contributed by atoms with Gasteiger partial charge in [-0.05, 0) is 42.0 Å². The van der Waals surface area contributed by atoms with E-state index in [4.69, 9.17) is 4.42 Å². The molecule has 1 aromatic carbocycles. The van der Waals surface area contributed by atoms with Crippen LogP contribution in [0.15, 0.2) is 65.3 Å². The molecule has 4 aromatic rings. The summed E-state index contributed by atoms with van der Waals surface area (Å²) < 4.78 is 44.0. The molecule has 0 spiro atoms. The number of fused-ring (bicyclic) bond motifs is 1. The average Bonchev–Trinajstić information content (AvgIpc) is 3.46. The molecule has 0 saturated carbocycles.